The third-order valence-corrected chi connectivity index (χ3v) is 9.68. The van der Waals surface area contributed by atoms with E-state index in [4.69, 9.17) is 4.99 Å². The standard InChI is InChI=1S/C28H28N2S2/c1-26(2,3)29-25-28(21-13-6-4-7-14-21)22-18-20-12-10-11-17-24(20)30(28)27(19-22,32-25)31-23-15-8-5-9-16-23/h4-17,22H,18-19H2,1-3H3/t22-,27+,28-/m0/s1. The summed E-state index contributed by atoms with van der Waals surface area (Å²) in [4.78, 5) is 9.49. The topological polar surface area (TPSA) is 15.6 Å². The van der Waals surface area contributed by atoms with Crippen molar-refractivity contribution >= 4 is 34.3 Å². The molecule has 0 spiro atoms. The number of benzene rings is 3. The van der Waals surface area contributed by atoms with E-state index in [0.717, 1.165) is 12.8 Å². The van der Waals surface area contributed by atoms with Crippen LogP contribution in [-0.2, 0) is 12.0 Å². The second-order valence-electron chi connectivity index (χ2n) is 10.0. The summed E-state index contributed by atoms with van der Waals surface area (Å²) < 4.78 is -0.0987. The monoisotopic (exact) mass is 456 g/mol. The molecule has 4 bridgehead atoms. The zero-order chi connectivity index (χ0) is 22.0. The Morgan fingerprint density at radius 1 is 0.906 bits per heavy atom. The van der Waals surface area contributed by atoms with Gasteiger partial charge in [0.05, 0.1) is 5.54 Å². The van der Waals surface area contributed by atoms with E-state index >= 15 is 0 Å². The number of anilines is 1. The number of aliphatic imine (C=N–C) groups is 1. The summed E-state index contributed by atoms with van der Waals surface area (Å²) in [5.41, 5.74) is 3.90. The normalized spacial score (nSPS) is 29.4. The zero-order valence-corrected chi connectivity index (χ0v) is 20.4. The van der Waals surface area contributed by atoms with Crippen LogP contribution in [0.3, 0.4) is 0 Å². The molecule has 2 fully saturated rings. The molecular formula is C28H28N2S2. The Morgan fingerprint density at radius 2 is 1.56 bits per heavy atom. The van der Waals surface area contributed by atoms with Crippen LogP contribution in [0.15, 0.2) is 94.8 Å². The fourth-order valence-electron chi connectivity index (χ4n) is 5.72. The van der Waals surface area contributed by atoms with E-state index in [1.165, 1.54) is 26.8 Å². The van der Waals surface area contributed by atoms with Crippen LogP contribution in [0.1, 0.15) is 38.3 Å². The maximum absolute atomic E-state index is 5.41. The van der Waals surface area contributed by atoms with Crippen molar-refractivity contribution in [3.05, 3.63) is 96.1 Å². The van der Waals surface area contributed by atoms with Crippen molar-refractivity contribution in [3.63, 3.8) is 0 Å². The highest BCUT2D eigenvalue weighted by Crippen LogP contribution is 2.73. The molecule has 3 aromatic rings. The van der Waals surface area contributed by atoms with Crippen LogP contribution < -0.4 is 4.90 Å². The largest absolute Gasteiger partial charge is 0.331 e. The lowest BCUT2D eigenvalue weighted by molar-refractivity contribution is 0.396. The molecule has 0 aliphatic carbocycles. The third kappa shape index (κ3) is 2.92. The maximum Gasteiger partial charge on any atom is 0.145 e. The van der Waals surface area contributed by atoms with Crippen molar-refractivity contribution in [2.24, 2.45) is 10.9 Å². The molecule has 2 nitrogen and oxygen atoms in total. The molecule has 32 heavy (non-hydrogen) atoms. The Hall–Kier alpha value is -2.17. The summed E-state index contributed by atoms with van der Waals surface area (Å²) in [5, 5.41) is 1.28. The minimum atomic E-state index is -0.199. The predicted octanol–water partition coefficient (Wildman–Crippen LogP) is 7.35. The van der Waals surface area contributed by atoms with Crippen LogP contribution in [0.4, 0.5) is 5.69 Å². The molecule has 3 atom stereocenters. The summed E-state index contributed by atoms with van der Waals surface area (Å²) in [7, 11) is 0. The van der Waals surface area contributed by atoms with Gasteiger partial charge in [0.2, 0.25) is 0 Å². The van der Waals surface area contributed by atoms with Crippen LogP contribution in [0.2, 0.25) is 0 Å². The van der Waals surface area contributed by atoms with Gasteiger partial charge in [-0.15, -0.1) is 0 Å². The predicted molar refractivity (Wildman–Crippen MR) is 139 cm³/mol. The van der Waals surface area contributed by atoms with Gasteiger partial charge in [-0.3, -0.25) is 4.99 Å². The van der Waals surface area contributed by atoms with E-state index in [0.29, 0.717) is 5.92 Å². The van der Waals surface area contributed by atoms with Crippen molar-refractivity contribution in [2.45, 2.75) is 53.8 Å². The molecule has 3 aliphatic rings. The minimum Gasteiger partial charge on any atom is -0.331 e. The van der Waals surface area contributed by atoms with Gasteiger partial charge in [-0.2, -0.15) is 0 Å². The minimum absolute atomic E-state index is 0.0987. The molecular weight excluding hydrogens is 428 g/mol. The molecule has 162 valence electrons. The van der Waals surface area contributed by atoms with Crippen LogP contribution in [0.25, 0.3) is 0 Å². The van der Waals surface area contributed by atoms with Crippen molar-refractivity contribution in [2.75, 3.05) is 4.90 Å². The highest BCUT2D eigenvalue weighted by atomic mass is 32.2. The van der Waals surface area contributed by atoms with Crippen LogP contribution in [-0.4, -0.2) is 14.8 Å². The van der Waals surface area contributed by atoms with E-state index < -0.39 is 0 Å². The first kappa shape index (κ1) is 20.4. The Bertz CT molecular complexity index is 1180. The van der Waals surface area contributed by atoms with Gasteiger partial charge in [0.15, 0.2) is 0 Å². The highest BCUT2D eigenvalue weighted by Gasteiger charge is 2.72. The van der Waals surface area contributed by atoms with E-state index in [1.54, 1.807) is 0 Å². The number of nitrogens with zero attached hydrogens (tertiary/aromatic N) is 2. The second kappa shape index (κ2) is 7.16. The van der Waals surface area contributed by atoms with E-state index in [-0.39, 0.29) is 15.3 Å². The first-order chi connectivity index (χ1) is 15.4. The van der Waals surface area contributed by atoms with Gasteiger partial charge < -0.3 is 4.90 Å². The number of hydrogen-bond donors (Lipinski definition) is 0. The first-order valence-corrected chi connectivity index (χ1v) is 13.0. The molecule has 6 rings (SSSR count). The lowest BCUT2D eigenvalue weighted by atomic mass is 9.73. The van der Waals surface area contributed by atoms with Crippen LogP contribution in [0, 0.1) is 5.92 Å². The molecule has 3 aromatic carbocycles. The number of hydrogen-bond acceptors (Lipinski definition) is 4. The van der Waals surface area contributed by atoms with Crippen molar-refractivity contribution in [1.29, 1.82) is 0 Å². The molecule has 0 amide bonds. The Labute approximate surface area is 199 Å². The average Bonchev–Trinajstić information content (AvgIpc) is 3.14. The van der Waals surface area contributed by atoms with Gasteiger partial charge in [-0.05, 0) is 62.9 Å². The molecule has 3 aliphatic heterocycles. The average molecular weight is 457 g/mol. The highest BCUT2D eigenvalue weighted by molar-refractivity contribution is 8.26. The molecule has 0 unspecified atom stereocenters. The van der Waals surface area contributed by atoms with Gasteiger partial charge in [0.1, 0.15) is 14.8 Å². The summed E-state index contributed by atoms with van der Waals surface area (Å²) in [6, 6.07) is 31.1. The zero-order valence-electron chi connectivity index (χ0n) is 18.8. The molecule has 0 aromatic heterocycles. The maximum atomic E-state index is 5.41. The smallest absolute Gasteiger partial charge is 0.145 e. The summed E-state index contributed by atoms with van der Waals surface area (Å²) >= 11 is 4.01. The molecule has 0 radical (unpaired) electrons. The molecule has 0 N–H and O–H groups in total. The van der Waals surface area contributed by atoms with Crippen molar-refractivity contribution < 1.29 is 0 Å². The van der Waals surface area contributed by atoms with Crippen molar-refractivity contribution in [3.8, 4) is 0 Å². The fourth-order valence-corrected chi connectivity index (χ4v) is 9.47. The summed E-state index contributed by atoms with van der Waals surface area (Å²) in [6.45, 7) is 6.67. The van der Waals surface area contributed by atoms with Crippen LogP contribution >= 0.6 is 23.5 Å². The summed E-state index contributed by atoms with van der Waals surface area (Å²) in [6.07, 6.45) is 2.24. The first-order valence-electron chi connectivity index (χ1n) is 11.4. The van der Waals surface area contributed by atoms with E-state index in [1.807, 2.05) is 23.5 Å². The van der Waals surface area contributed by atoms with E-state index in [9.17, 15) is 0 Å². The van der Waals surface area contributed by atoms with Gasteiger partial charge >= 0.3 is 0 Å². The van der Waals surface area contributed by atoms with Crippen LogP contribution in [0.5, 0.6) is 0 Å². The second-order valence-corrected chi connectivity index (χ2v) is 12.9. The van der Waals surface area contributed by atoms with E-state index in [2.05, 4.69) is 111 Å². The van der Waals surface area contributed by atoms with Gasteiger partial charge in [0.25, 0.3) is 0 Å². The lowest BCUT2D eigenvalue weighted by Crippen LogP contribution is -2.52. The Kier molecular flexibility index (Phi) is 4.58. The number of rotatable bonds is 3. The Morgan fingerprint density at radius 3 is 2.28 bits per heavy atom. The molecule has 3 heterocycles. The lowest BCUT2D eigenvalue weighted by Gasteiger charge is -2.46. The Balaban J connectivity index is 1.63. The van der Waals surface area contributed by atoms with Gasteiger partial charge in [-0.25, -0.2) is 0 Å². The molecule has 4 heteroatoms. The molecule has 0 saturated carbocycles. The van der Waals surface area contributed by atoms with Gasteiger partial charge in [0, 0.05) is 16.5 Å². The number of para-hydroxylation sites is 1. The quantitative estimate of drug-likeness (QED) is 0.409. The van der Waals surface area contributed by atoms with Crippen molar-refractivity contribution in [1.82, 2.24) is 0 Å². The van der Waals surface area contributed by atoms with Gasteiger partial charge in [-0.1, -0.05) is 90.3 Å². The third-order valence-electron chi connectivity index (χ3n) is 6.74. The summed E-state index contributed by atoms with van der Waals surface area (Å²) in [5.74, 6) is 0.498. The molecule has 2 saturated heterocycles. The number of thioether (sulfide) groups is 2. The SMILES string of the molecule is CC(C)(C)N=C1S[C@]2(Sc3ccccc3)C[C@@H]3Cc4ccccc4N2[C@]13c1ccccc1. The fraction of sp³-hybridized carbons (Fsp3) is 0.321. The number of fused-ring (bicyclic) bond motifs is 1.